The lowest BCUT2D eigenvalue weighted by Crippen LogP contribution is -2.33. The molecule has 2 fully saturated rings. The first-order valence-corrected chi connectivity index (χ1v) is 9.51. The molecule has 1 aliphatic heterocycles. The van der Waals surface area contributed by atoms with Gasteiger partial charge < -0.3 is 14.5 Å². The number of H-pyrrole nitrogens is 1. The molecule has 1 aliphatic carbocycles. The van der Waals surface area contributed by atoms with Crippen molar-refractivity contribution in [2.45, 2.75) is 18.8 Å². The number of amides is 1. The number of likely N-dealkylation sites (tertiary alicyclic amines) is 1. The average molecular weight is 382 g/mol. The van der Waals surface area contributed by atoms with Crippen molar-refractivity contribution < 1.29 is 4.79 Å². The molecule has 0 spiro atoms. The number of carbonyl (C=O) groups is 1. The molecule has 1 N–H and O–H groups in total. The minimum absolute atomic E-state index is 0.0213. The van der Waals surface area contributed by atoms with Crippen molar-refractivity contribution in [3.05, 3.63) is 68.7 Å². The molecule has 0 bridgehead atoms. The van der Waals surface area contributed by atoms with E-state index in [1.807, 2.05) is 41.6 Å². The van der Waals surface area contributed by atoms with Gasteiger partial charge in [0.2, 0.25) is 0 Å². The lowest BCUT2D eigenvalue weighted by Gasteiger charge is -2.21. The highest BCUT2D eigenvalue weighted by atomic mass is 35.5. The van der Waals surface area contributed by atoms with Crippen LogP contribution in [-0.4, -0.2) is 33.4 Å². The van der Waals surface area contributed by atoms with E-state index in [9.17, 15) is 9.59 Å². The minimum atomic E-state index is -0.214. The number of rotatable bonds is 2. The Morgan fingerprint density at radius 3 is 2.96 bits per heavy atom. The first kappa shape index (κ1) is 16.6. The molecule has 5 nitrogen and oxygen atoms in total. The second-order valence-electron chi connectivity index (χ2n) is 7.93. The van der Waals surface area contributed by atoms with Crippen LogP contribution in [0.4, 0.5) is 0 Å². The number of halogens is 1. The Labute approximate surface area is 161 Å². The zero-order valence-electron chi connectivity index (χ0n) is 15.3. The Hall–Kier alpha value is -2.53. The monoisotopic (exact) mass is 381 g/mol. The highest BCUT2D eigenvalue weighted by Crippen LogP contribution is 2.59. The summed E-state index contributed by atoms with van der Waals surface area (Å²) >= 11 is 6.18. The van der Waals surface area contributed by atoms with Crippen LogP contribution in [0, 0.1) is 12.8 Å². The molecule has 27 heavy (non-hydrogen) atoms. The fourth-order valence-corrected chi connectivity index (χ4v) is 5.05. The van der Waals surface area contributed by atoms with E-state index in [1.54, 1.807) is 12.4 Å². The van der Waals surface area contributed by atoms with Gasteiger partial charge in [0, 0.05) is 43.0 Å². The Kier molecular flexibility index (Phi) is 3.38. The lowest BCUT2D eigenvalue weighted by atomic mass is 9.95. The van der Waals surface area contributed by atoms with Crippen molar-refractivity contribution in [2.75, 3.05) is 13.1 Å². The number of fused-ring (bicyclic) bond motifs is 2. The van der Waals surface area contributed by atoms with Crippen molar-refractivity contribution in [3.8, 4) is 0 Å². The Bertz CT molecular complexity index is 1160. The molecule has 1 saturated heterocycles. The van der Waals surface area contributed by atoms with Gasteiger partial charge in [0.1, 0.15) is 0 Å². The third kappa shape index (κ3) is 2.31. The zero-order chi connectivity index (χ0) is 18.9. The number of aromatic nitrogens is 2. The van der Waals surface area contributed by atoms with Crippen LogP contribution in [0.5, 0.6) is 0 Å². The maximum absolute atomic E-state index is 13.3. The first-order valence-electron chi connectivity index (χ1n) is 9.13. The van der Waals surface area contributed by atoms with Crippen molar-refractivity contribution in [3.63, 3.8) is 0 Å². The topological polar surface area (TPSA) is 58.1 Å². The fraction of sp³-hybridized carbons (Fsp3) is 0.333. The van der Waals surface area contributed by atoms with E-state index in [1.165, 1.54) is 5.56 Å². The van der Waals surface area contributed by atoms with E-state index >= 15 is 0 Å². The van der Waals surface area contributed by atoms with Crippen LogP contribution in [0.15, 0.2) is 41.5 Å². The predicted molar refractivity (Wildman–Crippen MR) is 105 cm³/mol. The van der Waals surface area contributed by atoms with Crippen molar-refractivity contribution in [1.82, 2.24) is 14.5 Å². The van der Waals surface area contributed by atoms with Gasteiger partial charge in [-0.15, -0.1) is 0 Å². The van der Waals surface area contributed by atoms with E-state index in [0.29, 0.717) is 23.4 Å². The summed E-state index contributed by atoms with van der Waals surface area (Å²) < 4.78 is 1.87. The maximum Gasteiger partial charge on any atom is 0.258 e. The van der Waals surface area contributed by atoms with E-state index in [4.69, 9.17) is 11.6 Å². The molecule has 2 atom stereocenters. The summed E-state index contributed by atoms with van der Waals surface area (Å²) in [6.07, 6.45) is 4.57. The molecule has 3 aromatic rings. The van der Waals surface area contributed by atoms with Gasteiger partial charge in [0.05, 0.1) is 16.5 Å². The maximum atomic E-state index is 13.3. The molecule has 0 radical (unpaired) electrons. The molecule has 138 valence electrons. The number of aromatic amines is 1. The average Bonchev–Trinajstić information content (AvgIpc) is 3.03. The predicted octanol–water partition coefficient (Wildman–Crippen LogP) is 3.24. The molecular formula is C21H20ClN3O2. The third-order valence-corrected chi connectivity index (χ3v) is 6.50. The lowest BCUT2D eigenvalue weighted by molar-refractivity contribution is 0.0774. The summed E-state index contributed by atoms with van der Waals surface area (Å²) in [7, 11) is 1.88. The van der Waals surface area contributed by atoms with Gasteiger partial charge in [0.25, 0.3) is 11.5 Å². The third-order valence-electron chi connectivity index (χ3n) is 6.26. The number of nitrogens with zero attached hydrogens (tertiary/aromatic N) is 2. The van der Waals surface area contributed by atoms with Crippen LogP contribution in [-0.2, 0) is 12.5 Å². The largest absolute Gasteiger partial charge is 0.349 e. The number of hydrogen-bond acceptors (Lipinski definition) is 2. The van der Waals surface area contributed by atoms with Gasteiger partial charge in [-0.05, 0) is 42.5 Å². The zero-order valence-corrected chi connectivity index (χ0v) is 16.0. The number of nitrogens with one attached hydrogen (secondary N) is 1. The van der Waals surface area contributed by atoms with Gasteiger partial charge in [-0.1, -0.05) is 23.7 Å². The van der Waals surface area contributed by atoms with Crippen molar-refractivity contribution >= 4 is 28.4 Å². The van der Waals surface area contributed by atoms with Gasteiger partial charge in [-0.2, -0.15) is 0 Å². The summed E-state index contributed by atoms with van der Waals surface area (Å²) in [6, 6.07) is 7.97. The fourth-order valence-electron chi connectivity index (χ4n) is 4.86. The molecule has 1 amide bonds. The first-order chi connectivity index (χ1) is 12.9. The summed E-state index contributed by atoms with van der Waals surface area (Å²) in [5, 5.41) is 1.22. The van der Waals surface area contributed by atoms with Gasteiger partial charge in [-0.25, -0.2) is 0 Å². The molecule has 1 aromatic carbocycles. The number of pyridine rings is 1. The highest BCUT2D eigenvalue weighted by Gasteiger charge is 2.61. The van der Waals surface area contributed by atoms with Crippen LogP contribution in [0.2, 0.25) is 5.02 Å². The van der Waals surface area contributed by atoms with Crippen LogP contribution >= 0.6 is 11.6 Å². The van der Waals surface area contributed by atoms with Crippen molar-refractivity contribution in [1.29, 1.82) is 0 Å². The highest BCUT2D eigenvalue weighted by molar-refractivity contribution is 6.30. The van der Waals surface area contributed by atoms with E-state index < -0.39 is 0 Å². The minimum Gasteiger partial charge on any atom is -0.349 e. The smallest absolute Gasteiger partial charge is 0.258 e. The standard InChI is InChI=1S/C21H20ClN3O2/c1-12-8-23-19(26)17-16(10-24(2)18(12)17)20(27)25-9-14-7-21(14,11-25)13-4-3-5-15(22)6-13/h3-6,8,10,14H,7,9,11H2,1-2H3,(H,23,26). The quantitative estimate of drug-likeness (QED) is 0.740. The molecule has 1 saturated carbocycles. The van der Waals surface area contributed by atoms with Crippen LogP contribution in [0.25, 0.3) is 10.9 Å². The molecule has 3 heterocycles. The number of hydrogen-bond donors (Lipinski definition) is 1. The molecule has 5 rings (SSSR count). The second kappa shape index (κ2) is 5.49. The number of benzene rings is 1. The van der Waals surface area contributed by atoms with Gasteiger partial charge >= 0.3 is 0 Å². The van der Waals surface area contributed by atoms with Gasteiger partial charge in [-0.3, -0.25) is 9.59 Å². The SMILES string of the molecule is Cc1c[nH]c(=O)c2c(C(=O)N3CC4CC4(c4cccc(Cl)c4)C3)cn(C)c12. The molecule has 2 aliphatic rings. The van der Waals surface area contributed by atoms with Crippen LogP contribution < -0.4 is 5.56 Å². The summed E-state index contributed by atoms with van der Waals surface area (Å²) in [6.45, 7) is 3.34. The Balaban J connectivity index is 1.51. The van der Waals surface area contributed by atoms with Crippen LogP contribution in [0.3, 0.4) is 0 Å². The number of carbonyl (C=O) groups excluding carboxylic acids is 1. The number of aryl methyl sites for hydroxylation is 2. The molecule has 6 heteroatoms. The summed E-state index contributed by atoms with van der Waals surface area (Å²) in [5.41, 5.74) is 3.27. The normalized spacial score (nSPS) is 23.7. The van der Waals surface area contributed by atoms with Crippen molar-refractivity contribution in [2.24, 2.45) is 13.0 Å². The van der Waals surface area contributed by atoms with Gasteiger partial charge in [0.15, 0.2) is 0 Å². The summed E-state index contributed by atoms with van der Waals surface area (Å²) in [4.78, 5) is 30.3. The van der Waals surface area contributed by atoms with Crippen LogP contribution in [0.1, 0.15) is 27.9 Å². The van der Waals surface area contributed by atoms with E-state index in [-0.39, 0.29) is 16.9 Å². The Morgan fingerprint density at radius 1 is 1.37 bits per heavy atom. The van der Waals surface area contributed by atoms with E-state index in [2.05, 4.69) is 11.1 Å². The molecular weight excluding hydrogens is 362 g/mol. The molecule has 2 unspecified atom stereocenters. The van der Waals surface area contributed by atoms with E-state index in [0.717, 1.165) is 29.1 Å². The number of piperidine rings is 1. The summed E-state index contributed by atoms with van der Waals surface area (Å²) in [5.74, 6) is 0.403. The molecule has 2 aromatic heterocycles. The second-order valence-corrected chi connectivity index (χ2v) is 8.37. The Morgan fingerprint density at radius 2 is 2.19 bits per heavy atom.